The summed E-state index contributed by atoms with van der Waals surface area (Å²) in [7, 11) is 0. The smallest absolute Gasteiger partial charge is 0.137 e. The molecule has 0 amide bonds. The Bertz CT molecular complexity index is 2440. The van der Waals surface area contributed by atoms with Gasteiger partial charge in [-0.15, -0.1) is 0 Å². The number of anilines is 6. The lowest BCUT2D eigenvalue weighted by Gasteiger charge is -2.25. The monoisotopic (exact) mass is 592 g/mol. The molecule has 0 unspecified atom stereocenters. The van der Waals surface area contributed by atoms with Gasteiger partial charge in [-0.25, -0.2) is 0 Å². The first-order valence-corrected chi connectivity index (χ1v) is 15.4. The van der Waals surface area contributed by atoms with E-state index >= 15 is 0 Å². The Morgan fingerprint density at radius 3 is 1.22 bits per heavy atom. The van der Waals surface area contributed by atoms with Crippen LogP contribution in [0.4, 0.5) is 34.1 Å². The molecule has 46 heavy (non-hydrogen) atoms. The van der Waals surface area contributed by atoms with Crippen LogP contribution < -0.4 is 9.80 Å². The maximum Gasteiger partial charge on any atom is 0.137 e. The second-order valence-corrected chi connectivity index (χ2v) is 11.4. The molecule has 9 aromatic rings. The summed E-state index contributed by atoms with van der Waals surface area (Å²) in [5.74, 6) is 0. The van der Waals surface area contributed by atoms with Gasteiger partial charge in [0, 0.05) is 61.7 Å². The van der Waals surface area contributed by atoms with Gasteiger partial charge in [-0.05, 0) is 91.0 Å². The highest BCUT2D eigenvalue weighted by molar-refractivity contribution is 6.09. The molecule has 0 aliphatic rings. The summed E-state index contributed by atoms with van der Waals surface area (Å²) < 4.78 is 12.6. The van der Waals surface area contributed by atoms with Crippen LogP contribution in [0, 0.1) is 0 Å². The van der Waals surface area contributed by atoms with Gasteiger partial charge >= 0.3 is 0 Å². The molecule has 218 valence electrons. The third-order valence-electron chi connectivity index (χ3n) is 8.62. The minimum Gasteiger partial charge on any atom is -0.456 e. The van der Waals surface area contributed by atoms with Crippen LogP contribution in [-0.4, -0.2) is 0 Å². The topological polar surface area (TPSA) is 32.8 Å². The Balaban J connectivity index is 1.18. The van der Waals surface area contributed by atoms with Gasteiger partial charge in [0.15, 0.2) is 0 Å². The van der Waals surface area contributed by atoms with Gasteiger partial charge in [-0.3, -0.25) is 0 Å². The normalized spacial score (nSPS) is 11.5. The zero-order valence-electron chi connectivity index (χ0n) is 24.9. The van der Waals surface area contributed by atoms with Gasteiger partial charge in [0.2, 0.25) is 0 Å². The lowest BCUT2D eigenvalue weighted by Crippen LogP contribution is -2.09. The maximum atomic E-state index is 6.50. The molecule has 4 nitrogen and oxygen atoms in total. The zero-order valence-corrected chi connectivity index (χ0v) is 24.9. The number of hydrogen-bond donors (Lipinski definition) is 0. The molecule has 4 heteroatoms. The van der Waals surface area contributed by atoms with Crippen molar-refractivity contribution in [3.63, 3.8) is 0 Å². The van der Waals surface area contributed by atoms with Crippen LogP contribution in [0.1, 0.15) is 0 Å². The van der Waals surface area contributed by atoms with Crippen molar-refractivity contribution in [2.24, 2.45) is 0 Å². The number of rotatable bonds is 6. The average Bonchev–Trinajstić information content (AvgIpc) is 3.67. The van der Waals surface area contributed by atoms with Gasteiger partial charge in [-0.2, -0.15) is 0 Å². The van der Waals surface area contributed by atoms with Crippen LogP contribution in [0.2, 0.25) is 0 Å². The molecule has 0 aliphatic carbocycles. The second-order valence-electron chi connectivity index (χ2n) is 11.4. The number of para-hydroxylation sites is 4. The van der Waals surface area contributed by atoms with Crippen molar-refractivity contribution in [3.05, 3.63) is 170 Å². The minimum absolute atomic E-state index is 0.846. The lowest BCUT2D eigenvalue weighted by molar-refractivity contribution is 0.668. The number of furan rings is 2. The van der Waals surface area contributed by atoms with E-state index in [4.69, 9.17) is 8.83 Å². The molecular weight excluding hydrogens is 564 g/mol. The standard InChI is InChI=1S/C42H28N2O2/c1-4-12-29(13-5-1)43(30-14-6-2-7-15-30)34-20-23-36-38-27-33(22-25-41(38)46-42(36)28-34)44(31-16-8-3-9-17-31)32-21-24-40-37(26-32)35-18-10-11-19-39(35)45-40/h1-28H. The van der Waals surface area contributed by atoms with Crippen LogP contribution >= 0.6 is 0 Å². The number of fused-ring (bicyclic) bond motifs is 6. The molecule has 0 aliphatic heterocycles. The van der Waals surface area contributed by atoms with Gasteiger partial charge in [0.05, 0.1) is 0 Å². The van der Waals surface area contributed by atoms with E-state index in [0.717, 1.165) is 78.0 Å². The van der Waals surface area contributed by atoms with Crippen molar-refractivity contribution >= 4 is 78.0 Å². The molecule has 2 aromatic heterocycles. The fourth-order valence-corrected chi connectivity index (χ4v) is 6.51. The quantitative estimate of drug-likeness (QED) is 0.192. The molecule has 0 fully saturated rings. The van der Waals surface area contributed by atoms with Gasteiger partial charge in [-0.1, -0.05) is 72.8 Å². The summed E-state index contributed by atoms with van der Waals surface area (Å²) in [6.07, 6.45) is 0. The van der Waals surface area contributed by atoms with E-state index in [0.29, 0.717) is 0 Å². The molecule has 9 rings (SSSR count). The first kappa shape index (κ1) is 26.2. The van der Waals surface area contributed by atoms with Gasteiger partial charge in [0.25, 0.3) is 0 Å². The third-order valence-corrected chi connectivity index (χ3v) is 8.62. The van der Waals surface area contributed by atoms with Gasteiger partial charge < -0.3 is 18.6 Å². The predicted molar refractivity (Wildman–Crippen MR) is 190 cm³/mol. The van der Waals surface area contributed by atoms with Crippen LogP contribution in [0.25, 0.3) is 43.9 Å². The highest BCUT2D eigenvalue weighted by Gasteiger charge is 2.19. The molecule has 0 N–H and O–H groups in total. The number of hydrogen-bond acceptors (Lipinski definition) is 4. The fourth-order valence-electron chi connectivity index (χ4n) is 6.51. The Kier molecular flexibility index (Phi) is 6.10. The molecule has 2 heterocycles. The van der Waals surface area contributed by atoms with E-state index < -0.39 is 0 Å². The Morgan fingerprint density at radius 2 is 0.652 bits per heavy atom. The van der Waals surface area contributed by atoms with Crippen molar-refractivity contribution in [2.45, 2.75) is 0 Å². The first-order valence-electron chi connectivity index (χ1n) is 15.4. The largest absolute Gasteiger partial charge is 0.456 e. The molecule has 0 saturated carbocycles. The van der Waals surface area contributed by atoms with E-state index in [-0.39, 0.29) is 0 Å². The Hall–Kier alpha value is -6.26. The van der Waals surface area contributed by atoms with E-state index in [1.54, 1.807) is 0 Å². The molecule has 7 aromatic carbocycles. The maximum absolute atomic E-state index is 6.50. The summed E-state index contributed by atoms with van der Waals surface area (Å²) >= 11 is 0. The molecule has 0 atom stereocenters. The van der Waals surface area contributed by atoms with Crippen molar-refractivity contribution in [1.82, 2.24) is 0 Å². The summed E-state index contributed by atoms with van der Waals surface area (Å²) in [6.45, 7) is 0. The van der Waals surface area contributed by atoms with E-state index in [1.165, 1.54) is 0 Å². The summed E-state index contributed by atoms with van der Waals surface area (Å²) in [5, 5.41) is 4.35. The zero-order chi connectivity index (χ0) is 30.5. The molecule has 0 radical (unpaired) electrons. The van der Waals surface area contributed by atoms with E-state index in [9.17, 15) is 0 Å². The highest BCUT2D eigenvalue weighted by Crippen LogP contribution is 2.42. The van der Waals surface area contributed by atoms with Crippen molar-refractivity contribution < 1.29 is 8.83 Å². The van der Waals surface area contributed by atoms with Crippen LogP contribution in [0.5, 0.6) is 0 Å². The SMILES string of the molecule is c1ccc(N(c2ccccc2)c2ccc3c(c2)oc2ccc(N(c4ccccc4)c4ccc5oc6ccccc6c5c4)cc23)cc1. The van der Waals surface area contributed by atoms with Crippen molar-refractivity contribution in [3.8, 4) is 0 Å². The number of benzene rings is 7. The summed E-state index contributed by atoms with van der Waals surface area (Å²) in [6, 6.07) is 58.9. The summed E-state index contributed by atoms with van der Waals surface area (Å²) in [4.78, 5) is 4.55. The van der Waals surface area contributed by atoms with Gasteiger partial charge in [0.1, 0.15) is 22.3 Å². The lowest BCUT2D eigenvalue weighted by atomic mass is 10.1. The second kappa shape index (κ2) is 10.7. The van der Waals surface area contributed by atoms with E-state index in [2.05, 4.69) is 149 Å². The fraction of sp³-hybridized carbons (Fsp3) is 0. The summed E-state index contributed by atoms with van der Waals surface area (Å²) in [5.41, 5.74) is 9.87. The van der Waals surface area contributed by atoms with E-state index in [1.807, 2.05) is 30.3 Å². The van der Waals surface area contributed by atoms with Crippen LogP contribution in [0.3, 0.4) is 0 Å². The van der Waals surface area contributed by atoms with Crippen molar-refractivity contribution in [2.75, 3.05) is 9.80 Å². The Morgan fingerprint density at radius 1 is 0.261 bits per heavy atom. The average molecular weight is 593 g/mol. The number of nitrogens with zero attached hydrogens (tertiary/aromatic N) is 2. The highest BCUT2D eigenvalue weighted by atomic mass is 16.3. The molecule has 0 saturated heterocycles. The molecule has 0 spiro atoms. The van der Waals surface area contributed by atoms with Crippen LogP contribution in [-0.2, 0) is 0 Å². The first-order chi connectivity index (χ1) is 22.8. The molecule has 0 bridgehead atoms. The predicted octanol–water partition coefficient (Wildman–Crippen LogP) is 12.4. The van der Waals surface area contributed by atoms with Crippen LogP contribution in [0.15, 0.2) is 179 Å². The van der Waals surface area contributed by atoms with Crippen molar-refractivity contribution in [1.29, 1.82) is 0 Å². The minimum atomic E-state index is 0.846. The third kappa shape index (κ3) is 4.39. The Labute approximate surface area is 265 Å². The molecular formula is C42H28N2O2.